The van der Waals surface area contributed by atoms with Gasteiger partial charge in [0.1, 0.15) is 11.4 Å². The van der Waals surface area contributed by atoms with Crippen LogP contribution in [0.2, 0.25) is 5.02 Å². The van der Waals surface area contributed by atoms with Gasteiger partial charge in [0.15, 0.2) is 5.69 Å². The van der Waals surface area contributed by atoms with Crippen LogP contribution in [-0.2, 0) is 6.42 Å². The summed E-state index contributed by atoms with van der Waals surface area (Å²) in [4.78, 5) is 12.6. The van der Waals surface area contributed by atoms with Crippen molar-refractivity contribution in [2.24, 2.45) is 10.2 Å². The predicted octanol–water partition coefficient (Wildman–Crippen LogP) is 4.81. The molecule has 0 radical (unpaired) electrons. The van der Waals surface area contributed by atoms with Gasteiger partial charge in [-0.15, -0.1) is 10.2 Å². The molecule has 128 valence electrons. The second kappa shape index (κ2) is 6.94. The summed E-state index contributed by atoms with van der Waals surface area (Å²) in [5.74, 6) is 0.0179. The fraction of sp³-hybridized carbons (Fsp3) is 0.167. The van der Waals surface area contributed by atoms with Crippen LogP contribution in [0.1, 0.15) is 18.2 Å². The fourth-order valence-electron chi connectivity index (χ4n) is 2.43. The molecule has 6 nitrogen and oxygen atoms in total. The average Bonchev–Trinajstić information content (AvgIpc) is 2.88. The molecule has 3 rings (SSSR count). The van der Waals surface area contributed by atoms with Gasteiger partial charge in [-0.25, -0.2) is 4.68 Å². The Morgan fingerprint density at radius 3 is 2.72 bits per heavy atom. The second-order valence-corrected chi connectivity index (χ2v) is 6.02. The highest BCUT2D eigenvalue weighted by atomic mass is 35.5. The average molecular weight is 357 g/mol. The molecule has 3 aromatic rings. The summed E-state index contributed by atoms with van der Waals surface area (Å²) >= 11 is 5.98. The van der Waals surface area contributed by atoms with Gasteiger partial charge in [0, 0.05) is 5.02 Å². The number of hydrogen-bond acceptors (Lipinski definition) is 4. The van der Waals surface area contributed by atoms with E-state index in [1.54, 1.807) is 43.3 Å². The number of azo groups is 1. The van der Waals surface area contributed by atoms with E-state index in [0.717, 1.165) is 12.0 Å². The summed E-state index contributed by atoms with van der Waals surface area (Å²) < 4.78 is 1.36. The predicted molar refractivity (Wildman–Crippen MR) is 97.8 cm³/mol. The molecule has 0 saturated carbocycles. The van der Waals surface area contributed by atoms with Gasteiger partial charge in [-0.05, 0) is 49.2 Å². The lowest BCUT2D eigenvalue weighted by Gasteiger charge is -2.01. The van der Waals surface area contributed by atoms with Gasteiger partial charge in [-0.1, -0.05) is 30.7 Å². The van der Waals surface area contributed by atoms with Crippen LogP contribution in [0, 0.1) is 6.92 Å². The number of aromatic amines is 1. The summed E-state index contributed by atoms with van der Waals surface area (Å²) in [7, 11) is 0. The van der Waals surface area contributed by atoms with Crippen molar-refractivity contribution in [3.63, 3.8) is 0 Å². The zero-order chi connectivity index (χ0) is 18.0. The Kier molecular flexibility index (Phi) is 4.72. The van der Waals surface area contributed by atoms with Gasteiger partial charge >= 0.3 is 0 Å². The van der Waals surface area contributed by atoms with Gasteiger partial charge in [0.25, 0.3) is 5.56 Å². The van der Waals surface area contributed by atoms with E-state index in [4.69, 9.17) is 11.6 Å². The molecule has 0 amide bonds. The molecule has 0 bridgehead atoms. The maximum atomic E-state index is 12.6. The van der Waals surface area contributed by atoms with Crippen LogP contribution in [0.4, 0.5) is 11.4 Å². The molecular weight excluding hydrogens is 340 g/mol. The van der Waals surface area contributed by atoms with Crippen LogP contribution < -0.4 is 5.56 Å². The maximum absolute atomic E-state index is 12.6. The van der Waals surface area contributed by atoms with Crippen LogP contribution in [0.3, 0.4) is 0 Å². The third-order valence-electron chi connectivity index (χ3n) is 3.81. The van der Waals surface area contributed by atoms with Crippen LogP contribution in [0.15, 0.2) is 57.5 Å². The molecule has 0 aliphatic rings. The number of rotatable bonds is 4. The number of phenolic OH excluding ortho intramolecular Hbond substituents is 1. The molecule has 0 spiro atoms. The van der Waals surface area contributed by atoms with E-state index in [0.29, 0.717) is 22.1 Å². The van der Waals surface area contributed by atoms with Crippen molar-refractivity contribution >= 4 is 23.0 Å². The molecule has 0 atom stereocenters. The number of nitrogens with one attached hydrogen (secondary N) is 1. The minimum atomic E-state index is -0.338. The number of nitrogens with zero attached hydrogens (tertiary/aromatic N) is 3. The highest BCUT2D eigenvalue weighted by Crippen LogP contribution is 2.29. The first-order chi connectivity index (χ1) is 12.0. The van der Waals surface area contributed by atoms with Gasteiger partial charge < -0.3 is 5.11 Å². The Bertz CT molecular complexity index is 1000. The summed E-state index contributed by atoms with van der Waals surface area (Å²) in [6.07, 6.45) is 0.813. The van der Waals surface area contributed by atoms with Crippen molar-refractivity contribution in [2.75, 3.05) is 0 Å². The SMILES string of the molecule is CCc1ccc(O)c(N=Nc2c(C)[nH]n(-c3cccc(Cl)c3)c2=O)c1. The van der Waals surface area contributed by atoms with Gasteiger partial charge in [0.2, 0.25) is 0 Å². The van der Waals surface area contributed by atoms with E-state index in [-0.39, 0.29) is 17.0 Å². The molecule has 0 saturated heterocycles. The second-order valence-electron chi connectivity index (χ2n) is 5.58. The first kappa shape index (κ1) is 17.0. The van der Waals surface area contributed by atoms with Crippen molar-refractivity contribution in [3.8, 4) is 11.4 Å². The number of benzene rings is 2. The number of halogens is 1. The Hall–Kier alpha value is -2.86. The molecule has 0 aliphatic heterocycles. The summed E-state index contributed by atoms with van der Waals surface area (Å²) in [6, 6.07) is 12.1. The minimum absolute atomic E-state index is 0.0179. The number of phenols is 1. The quantitative estimate of drug-likeness (QED) is 0.657. The third-order valence-corrected chi connectivity index (χ3v) is 4.05. The lowest BCUT2D eigenvalue weighted by molar-refractivity contribution is 0.476. The summed E-state index contributed by atoms with van der Waals surface area (Å²) in [5, 5.41) is 21.5. The molecule has 7 heteroatoms. The van der Waals surface area contributed by atoms with Gasteiger partial charge in [0.05, 0.1) is 11.4 Å². The molecule has 2 aromatic carbocycles. The van der Waals surface area contributed by atoms with Crippen LogP contribution >= 0.6 is 11.6 Å². The highest BCUT2D eigenvalue weighted by Gasteiger charge is 2.12. The lowest BCUT2D eigenvalue weighted by Crippen LogP contribution is -2.13. The van der Waals surface area contributed by atoms with Crippen molar-refractivity contribution in [3.05, 3.63) is 69.1 Å². The number of aryl methyl sites for hydroxylation is 2. The van der Waals surface area contributed by atoms with Gasteiger partial charge in [-0.3, -0.25) is 9.89 Å². The number of hydrogen-bond donors (Lipinski definition) is 2. The van der Waals surface area contributed by atoms with E-state index in [2.05, 4.69) is 15.3 Å². The number of aromatic hydroxyl groups is 1. The topological polar surface area (TPSA) is 82.7 Å². The molecule has 25 heavy (non-hydrogen) atoms. The molecule has 1 aromatic heterocycles. The van der Waals surface area contributed by atoms with E-state index in [1.807, 2.05) is 13.0 Å². The van der Waals surface area contributed by atoms with Crippen molar-refractivity contribution < 1.29 is 5.11 Å². The maximum Gasteiger partial charge on any atom is 0.299 e. The molecule has 0 unspecified atom stereocenters. The molecule has 2 N–H and O–H groups in total. The van der Waals surface area contributed by atoms with Crippen molar-refractivity contribution in [2.45, 2.75) is 20.3 Å². The zero-order valence-electron chi connectivity index (χ0n) is 13.8. The summed E-state index contributed by atoms with van der Waals surface area (Å²) in [6.45, 7) is 3.74. The van der Waals surface area contributed by atoms with E-state index >= 15 is 0 Å². The monoisotopic (exact) mass is 356 g/mol. The smallest absolute Gasteiger partial charge is 0.299 e. The van der Waals surface area contributed by atoms with E-state index in [9.17, 15) is 9.90 Å². The Labute approximate surface area is 149 Å². The first-order valence-corrected chi connectivity index (χ1v) is 8.18. The Morgan fingerprint density at radius 2 is 2.00 bits per heavy atom. The number of H-pyrrole nitrogens is 1. The normalized spacial score (nSPS) is 11.3. The van der Waals surface area contributed by atoms with Crippen LogP contribution in [-0.4, -0.2) is 14.9 Å². The van der Waals surface area contributed by atoms with Crippen LogP contribution in [0.25, 0.3) is 5.69 Å². The summed E-state index contributed by atoms with van der Waals surface area (Å²) in [5.41, 5.74) is 2.37. The van der Waals surface area contributed by atoms with E-state index in [1.165, 1.54) is 4.68 Å². The molecular formula is C18H17ClN4O2. The highest BCUT2D eigenvalue weighted by molar-refractivity contribution is 6.30. The third kappa shape index (κ3) is 3.49. The first-order valence-electron chi connectivity index (χ1n) is 7.80. The largest absolute Gasteiger partial charge is 0.506 e. The standard InChI is InChI=1S/C18H17ClN4O2/c1-3-12-7-8-16(24)15(9-12)20-21-17-11(2)22-23(18(17)25)14-6-4-5-13(19)10-14/h4-10,22,24H,3H2,1-2H3. The number of aromatic nitrogens is 2. The zero-order valence-corrected chi connectivity index (χ0v) is 14.6. The van der Waals surface area contributed by atoms with Crippen LogP contribution in [0.5, 0.6) is 5.75 Å². The van der Waals surface area contributed by atoms with Crippen molar-refractivity contribution in [1.29, 1.82) is 0 Å². The minimum Gasteiger partial charge on any atom is -0.506 e. The van der Waals surface area contributed by atoms with Gasteiger partial charge in [-0.2, -0.15) is 0 Å². The Morgan fingerprint density at radius 1 is 1.20 bits per heavy atom. The molecule has 0 fully saturated rings. The fourth-order valence-corrected chi connectivity index (χ4v) is 2.61. The lowest BCUT2D eigenvalue weighted by atomic mass is 10.1. The Balaban J connectivity index is 2.01. The molecule has 0 aliphatic carbocycles. The van der Waals surface area contributed by atoms with E-state index < -0.39 is 0 Å². The molecule has 1 heterocycles. The van der Waals surface area contributed by atoms with Crippen molar-refractivity contribution in [1.82, 2.24) is 9.78 Å².